The lowest BCUT2D eigenvalue weighted by Gasteiger charge is -2.52. The van der Waals surface area contributed by atoms with Crippen molar-refractivity contribution in [3.05, 3.63) is 58.0 Å². The molecule has 2 atom stereocenters. The molecule has 6 heteroatoms. The Balaban J connectivity index is 1.75. The lowest BCUT2D eigenvalue weighted by atomic mass is 9.69. The Morgan fingerprint density at radius 2 is 2.19 bits per heavy atom. The van der Waals surface area contributed by atoms with E-state index >= 15 is 0 Å². The SMILES string of the molecule is C[C@@]12C=C(c3n[nH]c(=O)o3)n3c4c(c5ccccc53)CCN(CCC1)[C@H]42. The highest BCUT2D eigenvalue weighted by Gasteiger charge is 2.49. The number of aromatic amines is 1. The van der Waals surface area contributed by atoms with Gasteiger partial charge in [0.15, 0.2) is 0 Å². The van der Waals surface area contributed by atoms with Gasteiger partial charge in [-0.15, -0.1) is 5.10 Å². The van der Waals surface area contributed by atoms with E-state index in [-0.39, 0.29) is 5.41 Å². The number of hydrogen-bond acceptors (Lipinski definition) is 4. The van der Waals surface area contributed by atoms with E-state index in [1.165, 1.54) is 28.6 Å². The van der Waals surface area contributed by atoms with Gasteiger partial charge >= 0.3 is 5.76 Å². The summed E-state index contributed by atoms with van der Waals surface area (Å²) in [5.74, 6) is -0.135. The summed E-state index contributed by atoms with van der Waals surface area (Å²) < 4.78 is 7.67. The van der Waals surface area contributed by atoms with Gasteiger partial charge in [-0.2, -0.15) is 0 Å². The summed E-state index contributed by atoms with van der Waals surface area (Å²) in [6, 6.07) is 8.92. The van der Waals surface area contributed by atoms with Crippen LogP contribution < -0.4 is 5.76 Å². The number of H-pyrrole nitrogens is 1. The van der Waals surface area contributed by atoms with Gasteiger partial charge in [0.25, 0.3) is 5.89 Å². The molecule has 6 nitrogen and oxygen atoms in total. The number of rotatable bonds is 1. The Morgan fingerprint density at radius 1 is 1.31 bits per heavy atom. The van der Waals surface area contributed by atoms with E-state index in [4.69, 9.17) is 4.42 Å². The number of fused-ring (bicyclic) bond motifs is 3. The van der Waals surface area contributed by atoms with E-state index < -0.39 is 5.76 Å². The molecule has 26 heavy (non-hydrogen) atoms. The second-order valence-electron chi connectivity index (χ2n) is 7.96. The molecule has 3 aliphatic rings. The fourth-order valence-corrected chi connectivity index (χ4v) is 5.49. The number of piperidine rings is 1. The number of para-hydroxylation sites is 1. The van der Waals surface area contributed by atoms with Gasteiger partial charge in [-0.25, -0.2) is 9.89 Å². The first-order chi connectivity index (χ1) is 12.7. The molecule has 5 heterocycles. The van der Waals surface area contributed by atoms with Gasteiger partial charge in [0.05, 0.1) is 11.6 Å². The first-order valence-corrected chi connectivity index (χ1v) is 9.31. The van der Waals surface area contributed by atoms with Gasteiger partial charge in [-0.1, -0.05) is 25.1 Å². The predicted molar refractivity (Wildman–Crippen MR) is 97.8 cm³/mol. The lowest BCUT2D eigenvalue weighted by molar-refractivity contribution is 0.0409. The number of nitrogens with one attached hydrogen (secondary N) is 1. The Morgan fingerprint density at radius 3 is 3.04 bits per heavy atom. The number of benzene rings is 1. The van der Waals surface area contributed by atoms with Crippen molar-refractivity contribution in [2.24, 2.45) is 5.41 Å². The molecule has 6 rings (SSSR count). The summed E-state index contributed by atoms with van der Waals surface area (Å²) in [7, 11) is 0. The average molecular weight is 348 g/mol. The molecule has 132 valence electrons. The Hall–Kier alpha value is -2.60. The van der Waals surface area contributed by atoms with Crippen LogP contribution in [0.3, 0.4) is 0 Å². The molecule has 3 aliphatic heterocycles. The fourth-order valence-electron chi connectivity index (χ4n) is 5.49. The zero-order valence-electron chi connectivity index (χ0n) is 14.7. The van der Waals surface area contributed by atoms with Gasteiger partial charge in [-0.3, -0.25) is 4.90 Å². The highest BCUT2D eigenvalue weighted by molar-refractivity contribution is 5.91. The Labute approximate surface area is 150 Å². The highest BCUT2D eigenvalue weighted by atomic mass is 16.4. The summed E-state index contributed by atoms with van der Waals surface area (Å²) in [5, 5.41) is 7.88. The molecule has 2 aromatic heterocycles. The molecule has 1 aromatic carbocycles. The topological polar surface area (TPSA) is 67.1 Å². The smallest absolute Gasteiger partial charge is 0.386 e. The minimum absolute atomic E-state index is 0.0185. The van der Waals surface area contributed by atoms with Crippen molar-refractivity contribution in [3.63, 3.8) is 0 Å². The van der Waals surface area contributed by atoms with Crippen LogP contribution in [-0.4, -0.2) is 32.8 Å². The zero-order chi connectivity index (χ0) is 17.5. The Kier molecular flexibility index (Phi) is 2.67. The molecule has 0 amide bonds. The predicted octanol–water partition coefficient (Wildman–Crippen LogP) is 2.92. The van der Waals surface area contributed by atoms with Crippen molar-refractivity contribution < 1.29 is 4.42 Å². The first kappa shape index (κ1) is 14.6. The molecular formula is C20H20N4O2. The van der Waals surface area contributed by atoms with E-state index in [1.807, 2.05) is 0 Å². The quantitative estimate of drug-likeness (QED) is 0.734. The Bertz CT molecular complexity index is 1130. The van der Waals surface area contributed by atoms with Gasteiger partial charge in [0, 0.05) is 23.0 Å². The third-order valence-corrected chi connectivity index (χ3v) is 6.44. The maximum absolute atomic E-state index is 11.6. The van der Waals surface area contributed by atoms with Crippen LogP contribution >= 0.6 is 0 Å². The summed E-state index contributed by atoms with van der Waals surface area (Å²) in [6.07, 6.45) is 5.68. The molecule has 0 radical (unpaired) electrons. The van der Waals surface area contributed by atoms with E-state index in [9.17, 15) is 4.79 Å². The molecular weight excluding hydrogens is 328 g/mol. The van der Waals surface area contributed by atoms with Gasteiger partial charge < -0.3 is 8.98 Å². The second-order valence-corrected chi connectivity index (χ2v) is 7.96. The van der Waals surface area contributed by atoms with Crippen LogP contribution in [0, 0.1) is 5.41 Å². The van der Waals surface area contributed by atoms with Crippen molar-refractivity contribution >= 4 is 16.6 Å². The zero-order valence-corrected chi connectivity index (χ0v) is 14.7. The van der Waals surface area contributed by atoms with E-state index in [0.29, 0.717) is 11.9 Å². The van der Waals surface area contributed by atoms with Crippen molar-refractivity contribution in [1.82, 2.24) is 19.7 Å². The maximum Gasteiger partial charge on any atom is 0.434 e. The highest BCUT2D eigenvalue weighted by Crippen LogP contribution is 2.55. The summed E-state index contributed by atoms with van der Waals surface area (Å²) in [5.41, 5.74) is 4.89. The van der Waals surface area contributed by atoms with Crippen LogP contribution in [0.5, 0.6) is 0 Å². The van der Waals surface area contributed by atoms with E-state index in [1.54, 1.807) is 0 Å². The van der Waals surface area contributed by atoms with Crippen LogP contribution in [0.4, 0.5) is 0 Å². The molecule has 0 saturated carbocycles. The van der Waals surface area contributed by atoms with Crippen molar-refractivity contribution in [1.29, 1.82) is 0 Å². The van der Waals surface area contributed by atoms with Gasteiger partial charge in [-0.05, 0) is 43.5 Å². The van der Waals surface area contributed by atoms with Crippen molar-refractivity contribution in [2.75, 3.05) is 13.1 Å². The van der Waals surface area contributed by atoms with Crippen LogP contribution in [-0.2, 0) is 6.42 Å². The molecule has 3 aromatic rings. The average Bonchev–Trinajstić information content (AvgIpc) is 3.22. The standard InChI is InChI=1S/C20H20N4O2/c1-20-8-4-9-23-10-7-13-12-5-2-3-6-14(12)24(16(13)17(20)23)15(11-20)18-21-22-19(25)26-18/h2-3,5-6,11,17H,4,7-10H2,1H3,(H,22,25)/t17-,20+/m1/s1. The molecule has 1 N–H and O–H groups in total. The van der Waals surface area contributed by atoms with Crippen LogP contribution in [0.15, 0.2) is 39.6 Å². The maximum atomic E-state index is 11.6. The summed E-state index contributed by atoms with van der Waals surface area (Å²) in [6.45, 7) is 4.61. The molecule has 1 saturated heterocycles. The summed E-state index contributed by atoms with van der Waals surface area (Å²) in [4.78, 5) is 14.2. The third-order valence-electron chi connectivity index (χ3n) is 6.44. The first-order valence-electron chi connectivity index (χ1n) is 9.31. The van der Waals surface area contributed by atoms with Gasteiger partial charge in [0.2, 0.25) is 0 Å². The number of aromatic nitrogens is 3. The van der Waals surface area contributed by atoms with Crippen LogP contribution in [0.2, 0.25) is 0 Å². The number of hydrogen-bond donors (Lipinski definition) is 1. The molecule has 1 fully saturated rings. The van der Waals surface area contributed by atoms with Gasteiger partial charge in [0.1, 0.15) is 5.70 Å². The van der Waals surface area contributed by atoms with E-state index in [2.05, 4.69) is 56.9 Å². The lowest BCUT2D eigenvalue weighted by Crippen LogP contribution is -2.49. The molecule has 0 spiro atoms. The van der Waals surface area contributed by atoms with E-state index in [0.717, 1.165) is 31.6 Å². The van der Waals surface area contributed by atoms with Crippen LogP contribution in [0.25, 0.3) is 16.6 Å². The monoisotopic (exact) mass is 348 g/mol. The minimum atomic E-state index is -0.510. The van der Waals surface area contributed by atoms with Crippen molar-refractivity contribution in [2.45, 2.75) is 32.2 Å². The van der Waals surface area contributed by atoms with Crippen molar-refractivity contribution in [3.8, 4) is 0 Å². The second kappa shape index (κ2) is 4.76. The third kappa shape index (κ3) is 1.70. The molecule has 0 bridgehead atoms. The molecule has 0 aliphatic carbocycles. The normalized spacial score (nSPS) is 27.4. The summed E-state index contributed by atoms with van der Waals surface area (Å²) >= 11 is 0. The number of nitrogens with zero attached hydrogens (tertiary/aromatic N) is 3. The largest absolute Gasteiger partial charge is 0.434 e. The minimum Gasteiger partial charge on any atom is -0.386 e. The van der Waals surface area contributed by atoms with Crippen LogP contribution in [0.1, 0.15) is 43.0 Å². The molecule has 0 unspecified atom stereocenters. The fraction of sp³-hybridized carbons (Fsp3) is 0.400.